The fraction of sp³-hybridized carbons (Fsp3) is 0.417. The number of benzene rings is 2. The number of amides is 3. The van der Waals surface area contributed by atoms with Crippen LogP contribution in [0.3, 0.4) is 0 Å². The first-order valence-corrected chi connectivity index (χ1v) is 24.3. The van der Waals surface area contributed by atoms with Crippen LogP contribution in [-0.4, -0.2) is 90.2 Å². The molecule has 8 rings (SSSR count). The van der Waals surface area contributed by atoms with Crippen LogP contribution in [-0.2, 0) is 20.9 Å². The Bertz CT molecular complexity index is 2720. The van der Waals surface area contributed by atoms with E-state index in [9.17, 15) is 19.5 Å². The monoisotopic (exact) mass is 951 g/mol. The molecule has 66 heavy (non-hydrogen) atoms. The fourth-order valence-electron chi connectivity index (χ4n) is 8.56. The number of hydrogen-bond acceptors (Lipinski definition) is 13. The molecule has 0 unspecified atom stereocenters. The molecular formula is C48H54ClN9O6S2. The number of unbranched alkanes of at least 4 members (excludes halogenated alkanes) is 2. The van der Waals surface area contributed by atoms with Gasteiger partial charge in [-0.3, -0.25) is 23.9 Å². The number of aryl methyl sites for hydroxylation is 3. The summed E-state index contributed by atoms with van der Waals surface area (Å²) in [6.07, 6.45) is 1.63. The van der Waals surface area contributed by atoms with Gasteiger partial charge in [-0.1, -0.05) is 61.8 Å². The number of thiazole rings is 1. The summed E-state index contributed by atoms with van der Waals surface area (Å²) in [6, 6.07) is 15.8. The largest absolute Gasteiger partial charge is 0.476 e. The van der Waals surface area contributed by atoms with Gasteiger partial charge >= 0.3 is 0 Å². The molecule has 3 amide bonds. The van der Waals surface area contributed by atoms with Gasteiger partial charge in [-0.15, -0.1) is 32.9 Å². The molecule has 3 N–H and O–H groups in total. The Morgan fingerprint density at radius 2 is 1.74 bits per heavy atom. The van der Waals surface area contributed by atoms with Gasteiger partial charge in [0.25, 0.3) is 5.88 Å². The van der Waals surface area contributed by atoms with Crippen molar-refractivity contribution < 1.29 is 28.8 Å². The van der Waals surface area contributed by atoms with E-state index >= 15 is 0 Å². The molecule has 1 fully saturated rings. The van der Waals surface area contributed by atoms with Crippen molar-refractivity contribution in [1.82, 2.24) is 40.4 Å². The zero-order valence-electron chi connectivity index (χ0n) is 37.8. The zero-order chi connectivity index (χ0) is 46.6. The number of hydrogen-bond donors (Lipinski definition) is 3. The van der Waals surface area contributed by atoms with Gasteiger partial charge in [-0.25, -0.2) is 4.98 Å². The van der Waals surface area contributed by atoms with Crippen LogP contribution in [0.25, 0.3) is 15.4 Å². The number of β-amino-alcohol motifs (C(OH)–C–C–N with tert-alkyl or cyclic N) is 1. The number of fused-ring (bicyclic) bond motifs is 3. The summed E-state index contributed by atoms with van der Waals surface area (Å²) in [6.45, 7) is 13.0. The molecule has 1 saturated heterocycles. The molecule has 346 valence electrons. The van der Waals surface area contributed by atoms with Gasteiger partial charge in [-0.2, -0.15) is 0 Å². The lowest BCUT2D eigenvalue weighted by Gasteiger charge is -2.28. The van der Waals surface area contributed by atoms with Crippen molar-refractivity contribution in [2.45, 2.75) is 104 Å². The van der Waals surface area contributed by atoms with Crippen molar-refractivity contribution in [2.75, 3.05) is 19.7 Å². The van der Waals surface area contributed by atoms with Gasteiger partial charge in [0.05, 0.1) is 40.9 Å². The number of aliphatic hydroxyl groups is 1. The van der Waals surface area contributed by atoms with Gasteiger partial charge in [0.15, 0.2) is 11.6 Å². The Morgan fingerprint density at radius 1 is 0.985 bits per heavy atom. The average Bonchev–Trinajstić information content (AvgIpc) is 4.14. The normalized spacial score (nSPS) is 17.3. The number of aliphatic hydroxyl groups excluding tert-OH is 1. The molecule has 15 nitrogen and oxygen atoms in total. The van der Waals surface area contributed by atoms with Gasteiger partial charge in [0.1, 0.15) is 28.8 Å². The Labute approximate surface area is 396 Å². The number of likely N-dealkylation sites (tertiary alicyclic amines) is 1. The van der Waals surface area contributed by atoms with E-state index in [0.717, 1.165) is 67.8 Å². The summed E-state index contributed by atoms with van der Waals surface area (Å²) < 4.78 is 13.6. The first kappa shape index (κ1) is 46.8. The van der Waals surface area contributed by atoms with E-state index in [1.54, 1.807) is 28.7 Å². The summed E-state index contributed by atoms with van der Waals surface area (Å²) in [4.78, 5) is 54.3. The maximum atomic E-state index is 14.1. The summed E-state index contributed by atoms with van der Waals surface area (Å²) in [5, 5.41) is 31.3. The summed E-state index contributed by atoms with van der Waals surface area (Å²) >= 11 is 9.50. The number of ether oxygens (including phenoxy) is 1. The molecule has 4 atom stereocenters. The molecule has 0 bridgehead atoms. The topological polar surface area (TPSA) is 190 Å². The molecule has 6 heterocycles. The van der Waals surface area contributed by atoms with E-state index < -0.39 is 24.1 Å². The number of aliphatic imine (C=N–C) groups is 1. The predicted octanol–water partition coefficient (Wildman–Crippen LogP) is 7.99. The van der Waals surface area contributed by atoms with Gasteiger partial charge in [0.2, 0.25) is 17.7 Å². The van der Waals surface area contributed by atoms with Crippen molar-refractivity contribution in [3.63, 3.8) is 0 Å². The Morgan fingerprint density at radius 3 is 2.47 bits per heavy atom. The lowest BCUT2D eigenvalue weighted by Crippen LogP contribution is -2.48. The molecule has 0 radical (unpaired) electrons. The predicted molar refractivity (Wildman–Crippen MR) is 255 cm³/mol. The van der Waals surface area contributed by atoms with E-state index in [-0.39, 0.29) is 55.5 Å². The number of aromatic nitrogens is 5. The highest BCUT2D eigenvalue weighted by atomic mass is 35.5. The smallest absolute Gasteiger partial charge is 0.254 e. The van der Waals surface area contributed by atoms with E-state index in [1.807, 2.05) is 86.3 Å². The minimum atomic E-state index is -0.831. The molecule has 2 aliphatic rings. The van der Waals surface area contributed by atoms with Gasteiger partial charge < -0.3 is 29.9 Å². The Balaban J connectivity index is 0.808. The summed E-state index contributed by atoms with van der Waals surface area (Å²) in [7, 11) is 0. The van der Waals surface area contributed by atoms with Crippen LogP contribution in [0.2, 0.25) is 5.02 Å². The average molecular weight is 953 g/mol. The summed E-state index contributed by atoms with van der Waals surface area (Å²) in [5.41, 5.74) is 8.63. The molecular weight excluding hydrogens is 898 g/mol. The van der Waals surface area contributed by atoms with Crippen molar-refractivity contribution in [3.8, 4) is 21.3 Å². The second kappa shape index (κ2) is 20.4. The summed E-state index contributed by atoms with van der Waals surface area (Å²) in [5.74, 6) is 0.239. The molecule has 0 saturated carbocycles. The van der Waals surface area contributed by atoms with Crippen LogP contribution in [0, 0.1) is 33.6 Å². The van der Waals surface area contributed by atoms with Crippen LogP contribution >= 0.6 is 34.3 Å². The van der Waals surface area contributed by atoms with Gasteiger partial charge in [-0.05, 0) is 86.9 Å². The molecule has 0 spiro atoms. The molecule has 4 aromatic heterocycles. The number of halogens is 1. The minimum Gasteiger partial charge on any atom is -0.476 e. The van der Waals surface area contributed by atoms with Crippen LogP contribution < -0.4 is 15.4 Å². The zero-order valence-corrected chi connectivity index (χ0v) is 40.2. The van der Waals surface area contributed by atoms with E-state index in [4.69, 9.17) is 25.9 Å². The molecule has 18 heteroatoms. The number of thiophene rings is 1. The highest BCUT2D eigenvalue weighted by Gasteiger charge is 2.43. The van der Waals surface area contributed by atoms with Crippen LogP contribution in [0.1, 0.15) is 108 Å². The third kappa shape index (κ3) is 10.1. The minimum absolute atomic E-state index is 0.0407. The van der Waals surface area contributed by atoms with Crippen LogP contribution in [0.5, 0.6) is 5.88 Å². The van der Waals surface area contributed by atoms with E-state index in [0.29, 0.717) is 36.2 Å². The molecule has 2 aliphatic heterocycles. The Kier molecular flexibility index (Phi) is 14.5. The Hall–Kier alpha value is -5.75. The van der Waals surface area contributed by atoms with Crippen LogP contribution in [0.4, 0.5) is 0 Å². The maximum absolute atomic E-state index is 14.1. The third-order valence-corrected chi connectivity index (χ3v) is 14.6. The number of carbonyl (C=O) groups excluding carboxylic acids is 3. The second-order valence-electron chi connectivity index (χ2n) is 17.2. The maximum Gasteiger partial charge on any atom is 0.254 e. The highest BCUT2D eigenvalue weighted by Crippen LogP contribution is 2.40. The third-order valence-electron chi connectivity index (χ3n) is 12.2. The molecule has 0 aliphatic carbocycles. The number of carbonyl (C=O) groups is 3. The highest BCUT2D eigenvalue weighted by molar-refractivity contribution is 7.15. The van der Waals surface area contributed by atoms with Crippen LogP contribution in [0.15, 0.2) is 69.6 Å². The first-order chi connectivity index (χ1) is 31.8. The SMILES string of the molecule is Cc1ncsc1-c1ccc(CNC(=O)[C@@H]2C[C@@H](O)CN2C(=O)[C@@H](c2cc(OCCCCCNC(=O)C[C@@H]3N=C(c4ccc(Cl)cc4)c4c(sc(C)c4C)-n4c(C)nnc43)no2)C(C)C)cc1. The quantitative estimate of drug-likeness (QED) is 0.0756. The van der Waals surface area contributed by atoms with Crippen molar-refractivity contribution in [1.29, 1.82) is 0 Å². The number of nitrogens with one attached hydrogen (secondary N) is 2. The van der Waals surface area contributed by atoms with Crippen molar-refractivity contribution >= 4 is 57.7 Å². The first-order valence-electron chi connectivity index (χ1n) is 22.3. The van der Waals surface area contributed by atoms with Crippen molar-refractivity contribution in [2.24, 2.45) is 10.9 Å². The van der Waals surface area contributed by atoms with E-state index in [2.05, 4.69) is 44.8 Å². The molecule has 6 aromatic rings. The number of rotatable bonds is 17. The number of nitrogens with zero attached hydrogens (tertiary/aromatic N) is 7. The fourth-order valence-corrected chi connectivity index (χ4v) is 10.7. The lowest BCUT2D eigenvalue weighted by molar-refractivity contribution is -0.141. The van der Waals surface area contributed by atoms with Gasteiger partial charge in [0, 0.05) is 53.1 Å². The van der Waals surface area contributed by atoms with E-state index in [1.165, 1.54) is 9.78 Å². The molecule has 2 aromatic carbocycles. The second-order valence-corrected chi connectivity index (χ2v) is 19.7. The lowest BCUT2D eigenvalue weighted by atomic mass is 9.91. The standard InChI is InChI=1S/C48H54ClN9O6S2/c1-26(2)41(47(62)57-24-35(59)20-37(57)46(61)51-23-31-10-12-33(13-11-31)44-28(4)52-25-65-44)38-22-40(56-64-38)63-19-9-7-8-18-50-39(60)21-36-45-55-54-30(6)58(45)48-42(27(3)29(5)66-48)43(53-36)32-14-16-34(49)17-15-32/h10-17,22,25-26,35-37,41,59H,7-9,18-21,23-24H2,1-6H3,(H,50,60)(H,51,61)/t35-,36+,37+,41-/m1/s1. The van der Waals surface area contributed by atoms with Crippen molar-refractivity contribution in [3.05, 3.63) is 115 Å².